The second-order valence-electron chi connectivity index (χ2n) is 4.02. The highest BCUT2D eigenvalue weighted by Gasteiger charge is 1.95. The summed E-state index contributed by atoms with van der Waals surface area (Å²) in [5.41, 5.74) is 0. The highest BCUT2D eigenvalue weighted by molar-refractivity contribution is 5.31. The van der Waals surface area contributed by atoms with Crippen LogP contribution in [0.15, 0.2) is 36.9 Å². The first-order valence-electron chi connectivity index (χ1n) is 6.24. The van der Waals surface area contributed by atoms with Crippen LogP contribution in [0.3, 0.4) is 0 Å². The van der Waals surface area contributed by atoms with Crippen molar-refractivity contribution in [2.24, 2.45) is 0 Å². The number of hydrogen-bond donors (Lipinski definition) is 0. The molecule has 1 aromatic carbocycles. The molecule has 0 fully saturated rings. The van der Waals surface area contributed by atoms with E-state index in [1.807, 2.05) is 30.3 Å². The molecular formula is C15H22O2. The first-order chi connectivity index (χ1) is 8.36. The average Bonchev–Trinajstić information content (AvgIpc) is 2.38. The van der Waals surface area contributed by atoms with Crippen LogP contribution in [0.2, 0.25) is 0 Å². The summed E-state index contributed by atoms with van der Waals surface area (Å²) in [6.07, 6.45) is 7.95. The Hall–Kier alpha value is -1.44. The molecule has 1 rings (SSSR count). The minimum atomic E-state index is 0.792. The van der Waals surface area contributed by atoms with Gasteiger partial charge in [0.05, 0.1) is 13.7 Å². The van der Waals surface area contributed by atoms with Crippen molar-refractivity contribution < 1.29 is 9.47 Å². The highest BCUT2D eigenvalue weighted by atomic mass is 16.5. The first-order valence-corrected chi connectivity index (χ1v) is 6.24. The van der Waals surface area contributed by atoms with Crippen LogP contribution >= 0.6 is 0 Å². The van der Waals surface area contributed by atoms with Gasteiger partial charge in [0.1, 0.15) is 11.5 Å². The quantitative estimate of drug-likeness (QED) is 0.470. The molecule has 0 atom stereocenters. The van der Waals surface area contributed by atoms with Crippen LogP contribution in [0.4, 0.5) is 0 Å². The van der Waals surface area contributed by atoms with Gasteiger partial charge in [-0.2, -0.15) is 0 Å². The van der Waals surface area contributed by atoms with E-state index in [4.69, 9.17) is 9.47 Å². The summed E-state index contributed by atoms with van der Waals surface area (Å²) >= 11 is 0. The maximum absolute atomic E-state index is 5.64. The molecular weight excluding hydrogens is 212 g/mol. The van der Waals surface area contributed by atoms with E-state index in [2.05, 4.69) is 6.58 Å². The lowest BCUT2D eigenvalue weighted by Crippen LogP contribution is -1.97. The smallest absolute Gasteiger partial charge is 0.119 e. The summed E-state index contributed by atoms with van der Waals surface area (Å²) in [4.78, 5) is 0. The molecule has 0 saturated carbocycles. The summed E-state index contributed by atoms with van der Waals surface area (Å²) < 4.78 is 10.7. The zero-order valence-corrected chi connectivity index (χ0v) is 10.7. The SMILES string of the molecule is C=CCCCCCCOc1ccc(OC)cc1. The van der Waals surface area contributed by atoms with E-state index < -0.39 is 0 Å². The van der Waals surface area contributed by atoms with Crippen LogP contribution in [0.1, 0.15) is 32.1 Å². The maximum atomic E-state index is 5.64. The van der Waals surface area contributed by atoms with Crippen molar-refractivity contribution in [3.05, 3.63) is 36.9 Å². The van der Waals surface area contributed by atoms with Gasteiger partial charge < -0.3 is 9.47 Å². The molecule has 2 heteroatoms. The Morgan fingerprint density at radius 3 is 2.29 bits per heavy atom. The minimum Gasteiger partial charge on any atom is -0.497 e. The molecule has 0 aliphatic heterocycles. The molecule has 0 spiro atoms. The van der Waals surface area contributed by atoms with Crippen LogP contribution in [-0.4, -0.2) is 13.7 Å². The predicted octanol–water partition coefficient (Wildman–Crippen LogP) is 4.21. The van der Waals surface area contributed by atoms with Crippen molar-refractivity contribution >= 4 is 0 Å². The molecule has 1 aromatic rings. The molecule has 0 saturated heterocycles. The monoisotopic (exact) mass is 234 g/mol. The summed E-state index contributed by atoms with van der Waals surface area (Å²) in [5.74, 6) is 1.78. The third-order valence-corrected chi connectivity index (χ3v) is 2.63. The summed E-state index contributed by atoms with van der Waals surface area (Å²) in [7, 11) is 1.67. The molecule has 0 heterocycles. The number of allylic oxidation sites excluding steroid dienone is 1. The van der Waals surface area contributed by atoms with E-state index >= 15 is 0 Å². The molecule has 17 heavy (non-hydrogen) atoms. The zero-order chi connectivity index (χ0) is 12.3. The van der Waals surface area contributed by atoms with E-state index in [1.165, 1.54) is 19.3 Å². The Morgan fingerprint density at radius 2 is 1.65 bits per heavy atom. The van der Waals surface area contributed by atoms with Crippen LogP contribution in [0.25, 0.3) is 0 Å². The lowest BCUT2D eigenvalue weighted by Gasteiger charge is -2.06. The van der Waals surface area contributed by atoms with E-state index in [0.29, 0.717) is 0 Å². The topological polar surface area (TPSA) is 18.5 Å². The summed E-state index contributed by atoms with van der Waals surface area (Å²) in [6, 6.07) is 7.71. The third-order valence-electron chi connectivity index (χ3n) is 2.63. The standard InChI is InChI=1S/C15H22O2/c1-3-4-5-6-7-8-13-17-15-11-9-14(16-2)10-12-15/h3,9-12H,1,4-8,13H2,2H3. The molecule has 0 N–H and O–H groups in total. The Morgan fingerprint density at radius 1 is 1.00 bits per heavy atom. The van der Waals surface area contributed by atoms with Gasteiger partial charge in [-0.3, -0.25) is 0 Å². The number of rotatable bonds is 9. The van der Waals surface area contributed by atoms with Crippen molar-refractivity contribution in [3.63, 3.8) is 0 Å². The highest BCUT2D eigenvalue weighted by Crippen LogP contribution is 2.17. The number of benzene rings is 1. The number of ether oxygens (including phenoxy) is 2. The van der Waals surface area contributed by atoms with Crippen LogP contribution in [0.5, 0.6) is 11.5 Å². The van der Waals surface area contributed by atoms with Crippen molar-refractivity contribution in [3.8, 4) is 11.5 Å². The van der Waals surface area contributed by atoms with Gasteiger partial charge in [-0.1, -0.05) is 18.9 Å². The Kier molecular flexibility index (Phi) is 6.96. The normalized spacial score (nSPS) is 9.94. The molecule has 2 nitrogen and oxygen atoms in total. The number of hydrogen-bond acceptors (Lipinski definition) is 2. The molecule has 0 aliphatic rings. The van der Waals surface area contributed by atoms with Crippen LogP contribution in [0, 0.1) is 0 Å². The second-order valence-corrected chi connectivity index (χ2v) is 4.02. The van der Waals surface area contributed by atoms with Crippen molar-refractivity contribution in [1.29, 1.82) is 0 Å². The predicted molar refractivity (Wildman–Crippen MR) is 71.8 cm³/mol. The van der Waals surface area contributed by atoms with Crippen LogP contribution < -0.4 is 9.47 Å². The van der Waals surface area contributed by atoms with Crippen molar-refractivity contribution in [2.75, 3.05) is 13.7 Å². The molecule has 0 aliphatic carbocycles. The Labute approximate surface area is 104 Å². The van der Waals surface area contributed by atoms with Gasteiger partial charge in [-0.15, -0.1) is 6.58 Å². The second kappa shape index (κ2) is 8.68. The molecule has 0 aromatic heterocycles. The van der Waals surface area contributed by atoms with E-state index in [0.717, 1.165) is 30.9 Å². The molecule has 0 bridgehead atoms. The fraction of sp³-hybridized carbons (Fsp3) is 0.467. The molecule has 0 unspecified atom stereocenters. The molecule has 0 radical (unpaired) electrons. The zero-order valence-electron chi connectivity index (χ0n) is 10.7. The van der Waals surface area contributed by atoms with E-state index in [-0.39, 0.29) is 0 Å². The lowest BCUT2D eigenvalue weighted by molar-refractivity contribution is 0.304. The Bertz CT molecular complexity index is 303. The fourth-order valence-corrected chi connectivity index (χ4v) is 1.61. The average molecular weight is 234 g/mol. The van der Waals surface area contributed by atoms with Crippen molar-refractivity contribution in [2.45, 2.75) is 32.1 Å². The van der Waals surface area contributed by atoms with Gasteiger partial charge in [0.25, 0.3) is 0 Å². The van der Waals surface area contributed by atoms with E-state index in [9.17, 15) is 0 Å². The first kappa shape index (κ1) is 13.6. The van der Waals surface area contributed by atoms with Crippen molar-refractivity contribution in [1.82, 2.24) is 0 Å². The fourth-order valence-electron chi connectivity index (χ4n) is 1.61. The summed E-state index contributed by atoms with van der Waals surface area (Å²) in [6.45, 7) is 4.51. The molecule has 94 valence electrons. The van der Waals surface area contributed by atoms with E-state index in [1.54, 1.807) is 7.11 Å². The minimum absolute atomic E-state index is 0.792. The Balaban J connectivity index is 2.07. The van der Waals surface area contributed by atoms with Gasteiger partial charge in [0, 0.05) is 0 Å². The van der Waals surface area contributed by atoms with Gasteiger partial charge in [0.2, 0.25) is 0 Å². The van der Waals surface area contributed by atoms with Gasteiger partial charge in [-0.05, 0) is 43.5 Å². The van der Waals surface area contributed by atoms with Crippen LogP contribution in [-0.2, 0) is 0 Å². The molecule has 0 amide bonds. The number of methoxy groups -OCH3 is 1. The lowest BCUT2D eigenvalue weighted by atomic mass is 10.1. The maximum Gasteiger partial charge on any atom is 0.119 e. The van der Waals surface area contributed by atoms with Gasteiger partial charge >= 0.3 is 0 Å². The van der Waals surface area contributed by atoms with Gasteiger partial charge in [-0.25, -0.2) is 0 Å². The largest absolute Gasteiger partial charge is 0.497 e. The van der Waals surface area contributed by atoms with Gasteiger partial charge in [0.15, 0.2) is 0 Å². The summed E-state index contributed by atoms with van der Waals surface area (Å²) in [5, 5.41) is 0. The number of unbranched alkanes of at least 4 members (excludes halogenated alkanes) is 4. The third kappa shape index (κ3) is 6.00.